The number of thiophene rings is 1. The molecule has 3 heterocycles. The summed E-state index contributed by atoms with van der Waals surface area (Å²) in [6.07, 6.45) is 5.16. The molecule has 0 bridgehead atoms. The highest BCUT2D eigenvalue weighted by atomic mass is 35.5. The lowest BCUT2D eigenvalue weighted by Crippen LogP contribution is -2.18. The first-order valence-electron chi connectivity index (χ1n) is 9.58. The standard InChI is InChI=1S/C23H17ClFN3OS.ClH/c24-19-4-1-3-18-21(14-30-23(18)19)28(16-8-10-26-11-9-16)12-2-5-20-17-7-6-15(25)13-22(17)29-27-20;/h1,3-4,6-11,13-14H,2,5,12H2;1H. The van der Waals surface area contributed by atoms with E-state index in [-0.39, 0.29) is 18.2 Å². The molecule has 0 spiro atoms. The van der Waals surface area contributed by atoms with Crippen molar-refractivity contribution < 1.29 is 8.91 Å². The van der Waals surface area contributed by atoms with Crippen LogP contribution in [0, 0.1) is 5.82 Å². The maximum absolute atomic E-state index is 13.4. The molecular weight excluding hydrogens is 456 g/mol. The maximum atomic E-state index is 13.4. The molecule has 0 saturated carbocycles. The summed E-state index contributed by atoms with van der Waals surface area (Å²) in [6, 6.07) is 14.5. The van der Waals surface area contributed by atoms with E-state index in [1.165, 1.54) is 12.1 Å². The van der Waals surface area contributed by atoms with E-state index in [4.69, 9.17) is 16.1 Å². The van der Waals surface area contributed by atoms with Crippen molar-refractivity contribution in [3.8, 4) is 0 Å². The van der Waals surface area contributed by atoms with Crippen LogP contribution in [0.25, 0.3) is 21.1 Å². The van der Waals surface area contributed by atoms with E-state index in [1.54, 1.807) is 29.8 Å². The monoisotopic (exact) mass is 473 g/mol. The smallest absolute Gasteiger partial charge is 0.170 e. The summed E-state index contributed by atoms with van der Waals surface area (Å²) in [5.41, 5.74) is 3.51. The van der Waals surface area contributed by atoms with Crippen LogP contribution < -0.4 is 4.90 Å². The molecule has 0 radical (unpaired) electrons. The molecule has 0 atom stereocenters. The van der Waals surface area contributed by atoms with E-state index in [0.717, 1.165) is 57.0 Å². The Kier molecular flexibility index (Phi) is 6.41. The van der Waals surface area contributed by atoms with Crippen molar-refractivity contribution in [3.05, 3.63) is 82.8 Å². The number of rotatable bonds is 6. The van der Waals surface area contributed by atoms with Gasteiger partial charge in [0.1, 0.15) is 5.82 Å². The van der Waals surface area contributed by atoms with Gasteiger partial charge < -0.3 is 9.42 Å². The van der Waals surface area contributed by atoms with Crippen LogP contribution in [-0.4, -0.2) is 16.7 Å². The summed E-state index contributed by atoms with van der Waals surface area (Å²) >= 11 is 8.04. The molecule has 0 aliphatic heterocycles. The Hall–Kier alpha value is -2.67. The van der Waals surface area contributed by atoms with Crippen LogP contribution in [0.1, 0.15) is 12.1 Å². The van der Waals surface area contributed by atoms with Crippen LogP contribution in [0.15, 0.2) is 70.8 Å². The summed E-state index contributed by atoms with van der Waals surface area (Å²) in [4.78, 5) is 6.43. The van der Waals surface area contributed by atoms with Crippen molar-refractivity contribution in [2.75, 3.05) is 11.4 Å². The lowest BCUT2D eigenvalue weighted by atomic mass is 10.1. The number of aryl methyl sites for hydroxylation is 1. The van der Waals surface area contributed by atoms with Gasteiger partial charge in [-0.2, -0.15) is 0 Å². The lowest BCUT2D eigenvalue weighted by molar-refractivity contribution is 0.443. The number of nitrogens with zero attached hydrogens (tertiary/aromatic N) is 3. The summed E-state index contributed by atoms with van der Waals surface area (Å²) in [7, 11) is 0. The summed E-state index contributed by atoms with van der Waals surface area (Å²) in [6.45, 7) is 0.776. The molecule has 0 saturated heterocycles. The Morgan fingerprint density at radius 1 is 1.06 bits per heavy atom. The fourth-order valence-electron chi connectivity index (χ4n) is 3.68. The fourth-order valence-corrected chi connectivity index (χ4v) is 4.95. The largest absolute Gasteiger partial charge is 0.356 e. The van der Waals surface area contributed by atoms with Gasteiger partial charge >= 0.3 is 0 Å². The first-order chi connectivity index (χ1) is 14.7. The highest BCUT2D eigenvalue weighted by Gasteiger charge is 2.16. The van der Waals surface area contributed by atoms with Gasteiger partial charge in [-0.05, 0) is 43.2 Å². The minimum absolute atomic E-state index is 0. The van der Waals surface area contributed by atoms with Crippen LogP contribution in [0.4, 0.5) is 15.8 Å². The van der Waals surface area contributed by atoms with E-state index in [0.29, 0.717) is 5.58 Å². The summed E-state index contributed by atoms with van der Waals surface area (Å²) in [5, 5.41) is 9.04. The lowest BCUT2D eigenvalue weighted by Gasteiger charge is -2.24. The Labute approximate surface area is 193 Å². The number of aromatic nitrogens is 2. The molecule has 8 heteroatoms. The first kappa shape index (κ1) is 21.6. The SMILES string of the molecule is Cl.Fc1ccc2c(CCCN(c3ccncc3)c3csc4c(Cl)cccc34)noc2c1. The quantitative estimate of drug-likeness (QED) is 0.257. The van der Waals surface area contributed by atoms with Crippen molar-refractivity contribution in [3.63, 3.8) is 0 Å². The van der Waals surface area contributed by atoms with E-state index >= 15 is 0 Å². The van der Waals surface area contributed by atoms with Gasteiger partial charge in [0.15, 0.2) is 5.58 Å². The molecule has 4 nitrogen and oxygen atoms in total. The number of anilines is 2. The molecule has 158 valence electrons. The van der Waals surface area contributed by atoms with E-state index in [2.05, 4.69) is 26.5 Å². The second kappa shape index (κ2) is 9.22. The van der Waals surface area contributed by atoms with Gasteiger partial charge in [-0.15, -0.1) is 23.7 Å². The number of pyridine rings is 1. The third kappa shape index (κ3) is 4.24. The predicted molar refractivity (Wildman–Crippen MR) is 128 cm³/mol. The van der Waals surface area contributed by atoms with Crippen molar-refractivity contribution in [1.82, 2.24) is 10.1 Å². The normalized spacial score (nSPS) is 11.0. The molecule has 5 aromatic rings. The minimum Gasteiger partial charge on any atom is -0.356 e. The highest BCUT2D eigenvalue weighted by Crippen LogP contribution is 2.40. The van der Waals surface area contributed by atoms with Crippen LogP contribution >= 0.6 is 35.3 Å². The molecular formula is C23H18Cl2FN3OS. The van der Waals surface area contributed by atoms with Gasteiger partial charge in [0.2, 0.25) is 0 Å². The van der Waals surface area contributed by atoms with Gasteiger partial charge in [-0.3, -0.25) is 4.98 Å². The van der Waals surface area contributed by atoms with Crippen molar-refractivity contribution in [2.24, 2.45) is 0 Å². The van der Waals surface area contributed by atoms with E-state index in [1.807, 2.05) is 24.3 Å². The molecule has 2 aromatic carbocycles. The Morgan fingerprint density at radius 3 is 2.74 bits per heavy atom. The second-order valence-electron chi connectivity index (χ2n) is 6.97. The van der Waals surface area contributed by atoms with Crippen molar-refractivity contribution >= 4 is 67.8 Å². The number of halogens is 3. The number of hydrogen-bond donors (Lipinski definition) is 0. The molecule has 3 aromatic heterocycles. The molecule has 0 aliphatic rings. The van der Waals surface area contributed by atoms with Crippen LogP contribution in [0.5, 0.6) is 0 Å². The molecule has 0 N–H and O–H groups in total. The molecule has 0 aliphatic carbocycles. The Bertz CT molecular complexity index is 1320. The van der Waals surface area contributed by atoms with Crippen LogP contribution in [0.2, 0.25) is 5.02 Å². The molecule has 0 amide bonds. The highest BCUT2D eigenvalue weighted by molar-refractivity contribution is 7.18. The van der Waals surface area contributed by atoms with Gasteiger partial charge in [-0.1, -0.05) is 28.9 Å². The molecule has 5 rings (SSSR count). The molecule has 31 heavy (non-hydrogen) atoms. The third-order valence-corrected chi connectivity index (χ3v) is 6.54. The first-order valence-corrected chi connectivity index (χ1v) is 10.8. The summed E-state index contributed by atoms with van der Waals surface area (Å²) < 4.78 is 19.8. The zero-order valence-electron chi connectivity index (χ0n) is 16.3. The third-order valence-electron chi connectivity index (χ3n) is 5.10. The number of hydrogen-bond acceptors (Lipinski definition) is 5. The number of benzene rings is 2. The van der Waals surface area contributed by atoms with Crippen molar-refractivity contribution in [2.45, 2.75) is 12.8 Å². The molecule has 0 unspecified atom stereocenters. The average molecular weight is 474 g/mol. The van der Waals surface area contributed by atoms with Crippen LogP contribution in [0.3, 0.4) is 0 Å². The predicted octanol–water partition coefficient (Wildman–Crippen LogP) is 7.42. The van der Waals surface area contributed by atoms with E-state index in [9.17, 15) is 4.39 Å². The van der Waals surface area contributed by atoms with E-state index < -0.39 is 0 Å². The summed E-state index contributed by atoms with van der Waals surface area (Å²) in [5.74, 6) is -0.322. The van der Waals surface area contributed by atoms with Gasteiger partial charge in [-0.25, -0.2) is 4.39 Å². The Morgan fingerprint density at radius 2 is 1.90 bits per heavy atom. The van der Waals surface area contributed by atoms with Gasteiger partial charge in [0, 0.05) is 46.8 Å². The number of fused-ring (bicyclic) bond motifs is 2. The second-order valence-corrected chi connectivity index (χ2v) is 8.25. The zero-order valence-corrected chi connectivity index (χ0v) is 18.7. The van der Waals surface area contributed by atoms with Crippen molar-refractivity contribution in [1.29, 1.82) is 0 Å². The molecule has 0 fully saturated rings. The Balaban J connectivity index is 0.00000231. The topological polar surface area (TPSA) is 42.2 Å². The minimum atomic E-state index is -0.322. The van der Waals surface area contributed by atoms with Crippen LogP contribution in [-0.2, 0) is 6.42 Å². The fraction of sp³-hybridized carbons (Fsp3) is 0.130. The average Bonchev–Trinajstić information content (AvgIpc) is 3.37. The zero-order chi connectivity index (χ0) is 20.5. The maximum Gasteiger partial charge on any atom is 0.170 e. The van der Waals surface area contributed by atoms with Gasteiger partial charge in [0.05, 0.1) is 21.1 Å². The van der Waals surface area contributed by atoms with Gasteiger partial charge in [0.25, 0.3) is 0 Å².